The second-order valence-corrected chi connectivity index (χ2v) is 5.77. The van der Waals surface area contributed by atoms with Crippen molar-refractivity contribution >= 4 is 36.3 Å². The molecule has 0 bridgehead atoms. The molecule has 2 rings (SSSR count). The largest absolute Gasteiger partial charge is 0.450 e. The summed E-state index contributed by atoms with van der Waals surface area (Å²) in [5.74, 6) is -0.591. The summed E-state index contributed by atoms with van der Waals surface area (Å²) in [6.07, 6.45) is -0.0793. The van der Waals surface area contributed by atoms with Crippen LogP contribution in [0.4, 0.5) is 25.4 Å². The van der Waals surface area contributed by atoms with Crippen LogP contribution in [0.3, 0.4) is 0 Å². The van der Waals surface area contributed by atoms with E-state index in [9.17, 15) is 18.8 Å². The summed E-state index contributed by atoms with van der Waals surface area (Å²) in [5, 5.41) is 4.96. The number of benzene rings is 1. The quantitative estimate of drug-likeness (QED) is 0.181. The number of alkyl carbamates (subject to hydrolysis) is 1. The fraction of sp³-hybridized carbons (Fsp3) is 0.412. The first-order valence-electron chi connectivity index (χ1n) is 8.67. The zero-order valence-electron chi connectivity index (χ0n) is 15.4. The number of nitrogens with two attached hydrogens (primary N) is 1. The molecule has 1 heterocycles. The van der Waals surface area contributed by atoms with E-state index >= 15 is 0 Å². The number of rotatable bonds is 9. The van der Waals surface area contributed by atoms with E-state index in [1.54, 1.807) is 13.0 Å². The molecule has 0 saturated carbocycles. The molecular formula is C17H23FN5O5+. The molecule has 1 aromatic rings. The SMILES string of the molecule is CCOC(=O)NC[C@H]1CN(c2ccc([N+](=CN)CCNC=O)c(F)c2)C(=O)O1. The Balaban J connectivity index is 2.03. The topological polar surface area (TPSA) is 126 Å². The molecule has 3 amide bonds. The molecule has 11 heteroatoms. The van der Waals surface area contributed by atoms with Gasteiger partial charge in [-0.2, -0.15) is 0 Å². The zero-order valence-corrected chi connectivity index (χ0v) is 15.4. The van der Waals surface area contributed by atoms with Gasteiger partial charge in [-0.25, -0.2) is 18.6 Å². The lowest BCUT2D eigenvalue weighted by Gasteiger charge is -2.14. The Morgan fingerprint density at radius 2 is 2.32 bits per heavy atom. The maximum absolute atomic E-state index is 14.6. The van der Waals surface area contributed by atoms with Gasteiger partial charge in [0.2, 0.25) is 12.7 Å². The zero-order chi connectivity index (χ0) is 20.5. The van der Waals surface area contributed by atoms with Crippen LogP contribution in [0.2, 0.25) is 0 Å². The first-order chi connectivity index (χ1) is 13.5. The fourth-order valence-corrected chi connectivity index (χ4v) is 2.63. The van der Waals surface area contributed by atoms with E-state index in [2.05, 4.69) is 10.6 Å². The van der Waals surface area contributed by atoms with Gasteiger partial charge in [-0.3, -0.25) is 15.4 Å². The minimum atomic E-state index is -0.639. The van der Waals surface area contributed by atoms with Crippen molar-refractivity contribution in [2.24, 2.45) is 5.73 Å². The smallest absolute Gasteiger partial charge is 0.414 e. The summed E-state index contributed by atoms with van der Waals surface area (Å²) in [5.41, 5.74) is 6.04. The van der Waals surface area contributed by atoms with Crippen molar-refractivity contribution in [3.63, 3.8) is 0 Å². The Kier molecular flexibility index (Phi) is 7.55. The van der Waals surface area contributed by atoms with E-state index < -0.39 is 24.1 Å². The van der Waals surface area contributed by atoms with Crippen LogP contribution in [0.15, 0.2) is 18.2 Å². The number of hydrogen-bond acceptors (Lipinski definition) is 5. The van der Waals surface area contributed by atoms with Crippen molar-refractivity contribution in [2.45, 2.75) is 13.0 Å². The number of halogens is 1. The van der Waals surface area contributed by atoms with E-state index in [1.807, 2.05) is 0 Å². The number of carbonyl (C=O) groups excluding carboxylic acids is 3. The molecule has 1 aliphatic rings. The van der Waals surface area contributed by atoms with Gasteiger partial charge in [0, 0.05) is 6.07 Å². The highest BCUT2D eigenvalue weighted by atomic mass is 19.1. The summed E-state index contributed by atoms with van der Waals surface area (Å²) < 4.78 is 25.9. The molecule has 4 N–H and O–H groups in total. The van der Waals surface area contributed by atoms with Crippen LogP contribution >= 0.6 is 0 Å². The maximum Gasteiger partial charge on any atom is 0.414 e. The molecule has 0 radical (unpaired) electrons. The molecule has 1 fully saturated rings. The number of carbonyl (C=O) groups is 3. The van der Waals surface area contributed by atoms with Gasteiger partial charge in [-0.15, -0.1) is 0 Å². The van der Waals surface area contributed by atoms with Gasteiger partial charge in [0.25, 0.3) is 0 Å². The van der Waals surface area contributed by atoms with Crippen molar-refractivity contribution in [3.8, 4) is 0 Å². The predicted molar refractivity (Wildman–Crippen MR) is 98.1 cm³/mol. The van der Waals surface area contributed by atoms with Crippen LogP contribution < -0.4 is 21.3 Å². The van der Waals surface area contributed by atoms with E-state index in [-0.39, 0.29) is 38.5 Å². The van der Waals surface area contributed by atoms with Crippen molar-refractivity contribution in [2.75, 3.05) is 37.7 Å². The molecule has 1 atom stereocenters. The van der Waals surface area contributed by atoms with Crippen LogP contribution in [0.1, 0.15) is 6.92 Å². The van der Waals surface area contributed by atoms with Crippen molar-refractivity contribution in [3.05, 3.63) is 24.0 Å². The van der Waals surface area contributed by atoms with Crippen LogP contribution in [-0.2, 0) is 14.3 Å². The summed E-state index contributed by atoms with van der Waals surface area (Å²) in [6, 6.07) is 4.23. The molecule has 0 aliphatic carbocycles. The molecule has 152 valence electrons. The van der Waals surface area contributed by atoms with Crippen LogP contribution in [0.5, 0.6) is 0 Å². The van der Waals surface area contributed by atoms with Gasteiger partial charge in [-0.1, -0.05) is 0 Å². The second-order valence-electron chi connectivity index (χ2n) is 5.77. The highest BCUT2D eigenvalue weighted by Crippen LogP contribution is 2.27. The first kappa shape index (κ1) is 20.9. The van der Waals surface area contributed by atoms with Crippen LogP contribution in [0, 0.1) is 5.82 Å². The number of anilines is 1. The Morgan fingerprint density at radius 3 is 2.96 bits per heavy atom. The lowest BCUT2D eigenvalue weighted by atomic mass is 10.2. The van der Waals surface area contributed by atoms with E-state index in [4.69, 9.17) is 15.2 Å². The van der Waals surface area contributed by atoms with Crippen LogP contribution in [0.25, 0.3) is 0 Å². The van der Waals surface area contributed by atoms with Crippen molar-refractivity contribution in [1.82, 2.24) is 10.6 Å². The minimum absolute atomic E-state index is 0.0846. The summed E-state index contributed by atoms with van der Waals surface area (Å²) in [6.45, 7) is 2.71. The molecule has 10 nitrogen and oxygen atoms in total. The third-order valence-corrected chi connectivity index (χ3v) is 3.94. The second kappa shape index (κ2) is 10.1. The Bertz CT molecular complexity index is 757. The highest BCUT2D eigenvalue weighted by molar-refractivity contribution is 5.90. The summed E-state index contributed by atoms with van der Waals surface area (Å²) >= 11 is 0. The monoisotopic (exact) mass is 396 g/mol. The van der Waals surface area contributed by atoms with E-state index in [0.29, 0.717) is 12.1 Å². The van der Waals surface area contributed by atoms with Crippen molar-refractivity contribution < 1.29 is 32.8 Å². The third-order valence-electron chi connectivity index (χ3n) is 3.94. The van der Waals surface area contributed by atoms with Crippen molar-refractivity contribution in [1.29, 1.82) is 0 Å². The van der Waals surface area contributed by atoms with Crippen LogP contribution in [-0.4, -0.2) is 68.4 Å². The van der Waals surface area contributed by atoms with E-state index in [0.717, 1.165) is 0 Å². The van der Waals surface area contributed by atoms with Gasteiger partial charge in [0.15, 0.2) is 11.5 Å². The number of ether oxygens (including phenoxy) is 2. The van der Waals surface area contributed by atoms with Gasteiger partial charge < -0.3 is 20.1 Å². The number of hydrogen-bond donors (Lipinski definition) is 3. The number of nitrogens with one attached hydrogen (secondary N) is 2. The highest BCUT2D eigenvalue weighted by Gasteiger charge is 2.33. The van der Waals surface area contributed by atoms with Gasteiger partial charge in [0.05, 0.1) is 31.9 Å². The maximum atomic E-state index is 14.6. The minimum Gasteiger partial charge on any atom is -0.450 e. The summed E-state index contributed by atoms with van der Waals surface area (Å²) in [7, 11) is 0. The first-order valence-corrected chi connectivity index (χ1v) is 8.67. The lowest BCUT2D eigenvalue weighted by molar-refractivity contribution is -0.436. The molecule has 0 unspecified atom stereocenters. The molecule has 28 heavy (non-hydrogen) atoms. The summed E-state index contributed by atoms with van der Waals surface area (Å²) in [4.78, 5) is 35.0. The third kappa shape index (κ3) is 5.32. The molecule has 1 aliphatic heterocycles. The Hall–Kier alpha value is -3.37. The Morgan fingerprint density at radius 1 is 1.54 bits per heavy atom. The van der Waals surface area contributed by atoms with E-state index in [1.165, 1.54) is 27.9 Å². The predicted octanol–water partition coefficient (Wildman–Crippen LogP) is 0.274. The number of nitrogens with zero attached hydrogens (tertiary/aromatic N) is 2. The van der Waals surface area contributed by atoms with Gasteiger partial charge in [-0.05, 0) is 19.1 Å². The van der Waals surface area contributed by atoms with Gasteiger partial charge in [0.1, 0.15) is 12.6 Å². The average molecular weight is 396 g/mol. The lowest BCUT2D eigenvalue weighted by Crippen LogP contribution is -2.35. The molecule has 0 aromatic heterocycles. The average Bonchev–Trinajstić information content (AvgIpc) is 3.05. The number of amides is 3. The molecule has 0 spiro atoms. The fourth-order valence-electron chi connectivity index (χ4n) is 2.63. The normalized spacial score (nSPS) is 16.5. The Labute approximate surface area is 161 Å². The molecule has 1 saturated heterocycles. The standard InChI is InChI=1S/C17H22FN5O5/c1-2-27-16(25)21-8-13-9-23(17(26)28-13)12-3-4-15(14(18)7-12)22(10-19)6-5-20-11-24/h3-4,7,10-11,13,19H,2,5-6,8-9H2,1H3,(H2,20,21,24,25)/p+1/t13-/m0/s1. The number of cyclic esters (lactones) is 1. The molecular weight excluding hydrogens is 373 g/mol. The molecule has 1 aromatic carbocycles. The van der Waals surface area contributed by atoms with Gasteiger partial charge >= 0.3 is 12.2 Å².